The van der Waals surface area contributed by atoms with E-state index in [2.05, 4.69) is 20.7 Å². The molecule has 6 heteroatoms. The Balaban J connectivity index is 2.05. The summed E-state index contributed by atoms with van der Waals surface area (Å²) < 4.78 is 43.9. The molecule has 0 heterocycles. The summed E-state index contributed by atoms with van der Waals surface area (Å²) in [6.45, 7) is 0.531. The molecule has 2 nitrogen and oxygen atoms in total. The zero-order chi connectivity index (χ0) is 9.90. The Bertz CT molecular complexity index is 156. The van der Waals surface area contributed by atoms with Gasteiger partial charge in [-0.15, -0.1) is 13.2 Å². The van der Waals surface area contributed by atoms with Crippen molar-refractivity contribution in [3.05, 3.63) is 0 Å². The van der Waals surface area contributed by atoms with Gasteiger partial charge in [0.05, 0.1) is 18.8 Å². The van der Waals surface area contributed by atoms with E-state index in [1.165, 1.54) is 0 Å². The third-order valence-corrected chi connectivity index (χ3v) is 2.11. The first kappa shape index (κ1) is 11.3. The molecule has 0 aromatic carbocycles. The molecule has 1 aliphatic rings. The molecule has 0 aromatic heterocycles. The molecule has 0 N–H and O–H groups in total. The molecule has 78 valence electrons. The van der Waals surface area contributed by atoms with Gasteiger partial charge in [0, 0.05) is 18.2 Å². The van der Waals surface area contributed by atoms with Crippen LogP contribution < -0.4 is 0 Å². The fourth-order valence-corrected chi connectivity index (χ4v) is 1.34. The predicted octanol–water partition coefficient (Wildman–Crippen LogP) is 2.47. The van der Waals surface area contributed by atoms with E-state index in [4.69, 9.17) is 4.74 Å². The van der Waals surface area contributed by atoms with Crippen molar-refractivity contribution in [2.75, 3.05) is 11.9 Å². The molecule has 1 rings (SSSR count). The lowest BCUT2D eigenvalue weighted by atomic mass is 9.92. The van der Waals surface area contributed by atoms with Crippen molar-refractivity contribution >= 4 is 15.9 Å². The van der Waals surface area contributed by atoms with Gasteiger partial charge in [-0.2, -0.15) is 0 Å². The third kappa shape index (κ3) is 4.28. The fourth-order valence-electron chi connectivity index (χ4n) is 1.15. The Morgan fingerprint density at radius 1 is 1.23 bits per heavy atom. The van der Waals surface area contributed by atoms with Crippen LogP contribution in [0.4, 0.5) is 13.2 Å². The highest BCUT2D eigenvalue weighted by Crippen LogP contribution is 2.31. The lowest BCUT2D eigenvalue weighted by Gasteiger charge is -2.34. The number of rotatable bonds is 4. The Morgan fingerprint density at radius 2 is 1.85 bits per heavy atom. The molecule has 0 unspecified atom stereocenters. The minimum atomic E-state index is -4.51. The normalized spacial score (nSPS) is 28.6. The molecule has 13 heavy (non-hydrogen) atoms. The highest BCUT2D eigenvalue weighted by molar-refractivity contribution is 9.09. The standard InChI is InChI=1S/C7H10BrF3O2/c8-1-2-12-5-3-6(4-5)13-7(9,10)11/h5-6H,1-4H2/t5-,6+. The van der Waals surface area contributed by atoms with Crippen LogP contribution in [0.2, 0.25) is 0 Å². The van der Waals surface area contributed by atoms with Crippen LogP contribution in [0.3, 0.4) is 0 Å². The largest absolute Gasteiger partial charge is 0.522 e. The van der Waals surface area contributed by atoms with Crippen LogP contribution in [-0.2, 0) is 9.47 Å². The second-order valence-electron chi connectivity index (χ2n) is 2.84. The van der Waals surface area contributed by atoms with Crippen LogP contribution in [0.5, 0.6) is 0 Å². The summed E-state index contributed by atoms with van der Waals surface area (Å²) in [5, 5.41) is 0.703. The Hall–Kier alpha value is 0.190. The molecular weight excluding hydrogens is 253 g/mol. The van der Waals surface area contributed by atoms with Gasteiger partial charge < -0.3 is 4.74 Å². The smallest absolute Gasteiger partial charge is 0.377 e. The molecule has 1 saturated carbocycles. The van der Waals surface area contributed by atoms with Crippen molar-refractivity contribution in [3.63, 3.8) is 0 Å². The molecule has 0 bridgehead atoms. The number of hydrogen-bond donors (Lipinski definition) is 0. The van der Waals surface area contributed by atoms with E-state index in [-0.39, 0.29) is 6.10 Å². The van der Waals surface area contributed by atoms with Gasteiger partial charge in [0.2, 0.25) is 0 Å². The average molecular weight is 263 g/mol. The molecule has 1 aliphatic carbocycles. The number of halogens is 4. The molecule has 0 aliphatic heterocycles. The van der Waals surface area contributed by atoms with Crippen LogP contribution in [0.15, 0.2) is 0 Å². The first-order chi connectivity index (χ1) is 6.01. The summed E-state index contributed by atoms with van der Waals surface area (Å²) in [6, 6.07) is 0. The van der Waals surface area contributed by atoms with Crippen LogP contribution in [0, 0.1) is 0 Å². The van der Waals surface area contributed by atoms with E-state index in [0.717, 1.165) is 0 Å². The first-order valence-electron chi connectivity index (χ1n) is 3.93. The van der Waals surface area contributed by atoms with Gasteiger partial charge in [-0.05, 0) is 0 Å². The zero-order valence-corrected chi connectivity index (χ0v) is 8.40. The van der Waals surface area contributed by atoms with Crippen LogP contribution in [-0.4, -0.2) is 30.5 Å². The van der Waals surface area contributed by atoms with Crippen molar-refractivity contribution < 1.29 is 22.6 Å². The number of hydrogen-bond acceptors (Lipinski definition) is 2. The molecule has 0 spiro atoms. The highest BCUT2D eigenvalue weighted by atomic mass is 79.9. The number of ether oxygens (including phenoxy) is 2. The second-order valence-corrected chi connectivity index (χ2v) is 3.63. The minimum absolute atomic E-state index is 0.0649. The monoisotopic (exact) mass is 262 g/mol. The summed E-state index contributed by atoms with van der Waals surface area (Å²) in [6.07, 6.45) is -4.60. The average Bonchev–Trinajstić information content (AvgIpc) is 1.91. The van der Waals surface area contributed by atoms with E-state index < -0.39 is 12.5 Å². The van der Waals surface area contributed by atoms with E-state index in [1.807, 2.05) is 0 Å². The maximum Gasteiger partial charge on any atom is 0.522 e. The van der Waals surface area contributed by atoms with Crippen LogP contribution in [0.1, 0.15) is 12.8 Å². The fraction of sp³-hybridized carbons (Fsp3) is 1.00. The molecule has 0 atom stereocenters. The molecule has 0 amide bonds. The molecular formula is C7H10BrF3O2. The van der Waals surface area contributed by atoms with Gasteiger partial charge in [-0.3, -0.25) is 4.74 Å². The van der Waals surface area contributed by atoms with Crippen LogP contribution in [0.25, 0.3) is 0 Å². The highest BCUT2D eigenvalue weighted by Gasteiger charge is 2.40. The summed E-state index contributed by atoms with van der Waals surface area (Å²) in [5.41, 5.74) is 0. The molecule has 0 aromatic rings. The maximum absolute atomic E-state index is 11.6. The van der Waals surface area contributed by atoms with Gasteiger partial charge >= 0.3 is 6.36 Å². The molecule has 0 radical (unpaired) electrons. The predicted molar refractivity (Wildman–Crippen MR) is 43.7 cm³/mol. The maximum atomic E-state index is 11.6. The quantitative estimate of drug-likeness (QED) is 0.725. The Labute approximate surface area is 82.5 Å². The van der Waals surface area contributed by atoms with Crippen molar-refractivity contribution in [1.29, 1.82) is 0 Å². The Morgan fingerprint density at radius 3 is 2.31 bits per heavy atom. The summed E-state index contributed by atoms with van der Waals surface area (Å²) in [4.78, 5) is 0. The topological polar surface area (TPSA) is 18.5 Å². The minimum Gasteiger partial charge on any atom is -0.377 e. The van der Waals surface area contributed by atoms with E-state index in [0.29, 0.717) is 24.8 Å². The summed E-state index contributed by atoms with van der Waals surface area (Å²) in [5.74, 6) is 0. The first-order valence-corrected chi connectivity index (χ1v) is 5.05. The van der Waals surface area contributed by atoms with E-state index in [1.54, 1.807) is 0 Å². The van der Waals surface area contributed by atoms with Gasteiger partial charge in [-0.1, -0.05) is 15.9 Å². The van der Waals surface area contributed by atoms with Gasteiger partial charge in [0.25, 0.3) is 0 Å². The molecule has 0 saturated heterocycles. The SMILES string of the molecule is FC(F)(F)O[C@H]1C[C@@H](OCCBr)C1. The zero-order valence-electron chi connectivity index (χ0n) is 6.81. The summed E-state index contributed by atoms with van der Waals surface area (Å²) >= 11 is 3.16. The lowest BCUT2D eigenvalue weighted by Crippen LogP contribution is -2.40. The van der Waals surface area contributed by atoms with Crippen molar-refractivity contribution in [3.8, 4) is 0 Å². The summed E-state index contributed by atoms with van der Waals surface area (Å²) in [7, 11) is 0. The van der Waals surface area contributed by atoms with Crippen molar-refractivity contribution in [2.45, 2.75) is 31.4 Å². The lowest BCUT2D eigenvalue weighted by molar-refractivity contribution is -0.357. The van der Waals surface area contributed by atoms with Gasteiger partial charge in [-0.25, -0.2) is 0 Å². The van der Waals surface area contributed by atoms with Crippen molar-refractivity contribution in [1.82, 2.24) is 0 Å². The number of alkyl halides is 4. The van der Waals surface area contributed by atoms with Gasteiger partial charge in [0.1, 0.15) is 0 Å². The van der Waals surface area contributed by atoms with Crippen molar-refractivity contribution in [2.24, 2.45) is 0 Å². The van der Waals surface area contributed by atoms with E-state index >= 15 is 0 Å². The molecule has 1 fully saturated rings. The van der Waals surface area contributed by atoms with Crippen LogP contribution >= 0.6 is 15.9 Å². The second kappa shape index (κ2) is 4.61. The Kier molecular flexibility index (Phi) is 4.00. The van der Waals surface area contributed by atoms with E-state index in [9.17, 15) is 13.2 Å². The van der Waals surface area contributed by atoms with Gasteiger partial charge in [0.15, 0.2) is 0 Å². The third-order valence-electron chi connectivity index (χ3n) is 1.78.